The molecule has 14 heavy (non-hydrogen) atoms. The van der Waals surface area contributed by atoms with Gasteiger partial charge < -0.3 is 5.32 Å². The molecular formula is C13H25N. The summed E-state index contributed by atoms with van der Waals surface area (Å²) in [6, 6.07) is 0.681. The van der Waals surface area contributed by atoms with Gasteiger partial charge in [0.2, 0.25) is 0 Å². The molecule has 0 spiro atoms. The Morgan fingerprint density at radius 1 is 1.14 bits per heavy atom. The van der Waals surface area contributed by atoms with Gasteiger partial charge in [-0.3, -0.25) is 0 Å². The smallest absolute Gasteiger partial charge is 0.00866 e. The first-order chi connectivity index (χ1) is 6.85. The lowest BCUT2D eigenvalue weighted by Gasteiger charge is -2.14. The maximum absolute atomic E-state index is 5.23. The second-order valence-corrected chi connectivity index (χ2v) is 3.93. The minimum absolute atomic E-state index is 0.681. The molecule has 1 heteroatoms. The molecule has 0 aromatic carbocycles. The minimum Gasteiger partial charge on any atom is -0.317 e. The highest BCUT2D eigenvalue weighted by Gasteiger charge is 2.04. The van der Waals surface area contributed by atoms with Crippen LogP contribution in [0.15, 0.2) is 0 Å². The van der Waals surface area contributed by atoms with Gasteiger partial charge in [0, 0.05) is 12.5 Å². The third kappa shape index (κ3) is 8.13. The standard InChI is InChI=1S/C13H25N/c1-4-6-8-10-12-13(14-3)11-9-7-5-2/h2,13-14H,4,6-12H2,1,3H3. The van der Waals surface area contributed by atoms with Crippen molar-refractivity contribution in [3.8, 4) is 12.3 Å². The highest BCUT2D eigenvalue weighted by molar-refractivity contribution is 4.83. The third-order valence-electron chi connectivity index (χ3n) is 2.69. The van der Waals surface area contributed by atoms with Crippen molar-refractivity contribution in [3.05, 3.63) is 0 Å². The van der Waals surface area contributed by atoms with Gasteiger partial charge in [0.05, 0.1) is 0 Å². The van der Waals surface area contributed by atoms with Crippen molar-refractivity contribution in [1.29, 1.82) is 0 Å². The lowest BCUT2D eigenvalue weighted by molar-refractivity contribution is 0.452. The molecular weight excluding hydrogens is 170 g/mol. The largest absolute Gasteiger partial charge is 0.317 e. The van der Waals surface area contributed by atoms with Crippen molar-refractivity contribution in [2.45, 2.75) is 64.3 Å². The molecule has 0 saturated carbocycles. The Morgan fingerprint density at radius 3 is 2.43 bits per heavy atom. The van der Waals surface area contributed by atoms with E-state index >= 15 is 0 Å². The summed E-state index contributed by atoms with van der Waals surface area (Å²) >= 11 is 0. The van der Waals surface area contributed by atoms with Crippen LogP contribution < -0.4 is 5.32 Å². The molecule has 0 saturated heterocycles. The summed E-state index contributed by atoms with van der Waals surface area (Å²) in [5, 5.41) is 3.37. The van der Waals surface area contributed by atoms with Crippen LogP contribution in [0.25, 0.3) is 0 Å². The molecule has 0 fully saturated rings. The quantitative estimate of drug-likeness (QED) is 0.439. The van der Waals surface area contributed by atoms with Gasteiger partial charge in [-0.1, -0.05) is 32.6 Å². The summed E-state index contributed by atoms with van der Waals surface area (Å²) in [5.74, 6) is 2.70. The molecule has 0 aliphatic rings. The molecule has 0 radical (unpaired) electrons. The summed E-state index contributed by atoms with van der Waals surface area (Å²) < 4.78 is 0. The number of rotatable bonds is 9. The van der Waals surface area contributed by atoms with Gasteiger partial charge in [-0.25, -0.2) is 0 Å². The van der Waals surface area contributed by atoms with Crippen molar-refractivity contribution in [2.75, 3.05) is 7.05 Å². The van der Waals surface area contributed by atoms with Crippen molar-refractivity contribution < 1.29 is 0 Å². The highest BCUT2D eigenvalue weighted by Crippen LogP contribution is 2.10. The molecule has 0 rings (SSSR count). The zero-order valence-electron chi connectivity index (χ0n) is 9.81. The fourth-order valence-corrected chi connectivity index (χ4v) is 1.70. The second-order valence-electron chi connectivity index (χ2n) is 3.93. The van der Waals surface area contributed by atoms with Gasteiger partial charge in [0.25, 0.3) is 0 Å². The molecule has 1 nitrogen and oxygen atoms in total. The number of hydrogen-bond donors (Lipinski definition) is 1. The average Bonchev–Trinajstić information content (AvgIpc) is 2.22. The lowest BCUT2D eigenvalue weighted by Crippen LogP contribution is -2.24. The summed E-state index contributed by atoms with van der Waals surface area (Å²) in [6.45, 7) is 2.25. The minimum atomic E-state index is 0.681. The Balaban J connectivity index is 3.34. The summed E-state index contributed by atoms with van der Waals surface area (Å²) in [6.07, 6.45) is 15.3. The number of terminal acetylenes is 1. The molecule has 0 aliphatic heterocycles. The van der Waals surface area contributed by atoms with Crippen molar-refractivity contribution >= 4 is 0 Å². The first kappa shape index (κ1) is 13.5. The Morgan fingerprint density at radius 2 is 1.86 bits per heavy atom. The van der Waals surface area contributed by atoms with Gasteiger partial charge in [-0.15, -0.1) is 12.3 Å². The molecule has 1 atom stereocenters. The normalized spacial score (nSPS) is 12.4. The number of nitrogens with one attached hydrogen (secondary N) is 1. The van der Waals surface area contributed by atoms with Crippen LogP contribution in [0.1, 0.15) is 58.3 Å². The van der Waals surface area contributed by atoms with Crippen LogP contribution in [0.2, 0.25) is 0 Å². The van der Waals surface area contributed by atoms with Gasteiger partial charge in [-0.2, -0.15) is 0 Å². The molecule has 0 bridgehead atoms. The fourth-order valence-electron chi connectivity index (χ4n) is 1.70. The lowest BCUT2D eigenvalue weighted by atomic mass is 10.0. The fraction of sp³-hybridized carbons (Fsp3) is 0.846. The van der Waals surface area contributed by atoms with Crippen molar-refractivity contribution in [3.63, 3.8) is 0 Å². The van der Waals surface area contributed by atoms with E-state index in [0.717, 1.165) is 12.8 Å². The average molecular weight is 195 g/mol. The number of hydrogen-bond acceptors (Lipinski definition) is 1. The molecule has 0 aliphatic carbocycles. The SMILES string of the molecule is C#CCCCC(CCCCCC)NC. The highest BCUT2D eigenvalue weighted by atomic mass is 14.9. The Labute approximate surface area is 89.7 Å². The van der Waals surface area contributed by atoms with E-state index in [-0.39, 0.29) is 0 Å². The topological polar surface area (TPSA) is 12.0 Å². The molecule has 0 heterocycles. The van der Waals surface area contributed by atoms with Crippen LogP contribution in [0, 0.1) is 12.3 Å². The van der Waals surface area contributed by atoms with E-state index in [1.54, 1.807) is 0 Å². The molecule has 1 N–H and O–H groups in total. The van der Waals surface area contributed by atoms with Crippen LogP contribution in [0.5, 0.6) is 0 Å². The maximum Gasteiger partial charge on any atom is 0.00866 e. The van der Waals surface area contributed by atoms with E-state index in [9.17, 15) is 0 Å². The predicted octanol–water partition coefficient (Wildman–Crippen LogP) is 3.35. The van der Waals surface area contributed by atoms with Crippen molar-refractivity contribution in [1.82, 2.24) is 5.32 Å². The zero-order chi connectivity index (χ0) is 10.6. The summed E-state index contributed by atoms with van der Waals surface area (Å²) in [4.78, 5) is 0. The first-order valence-electron chi connectivity index (χ1n) is 5.95. The van der Waals surface area contributed by atoms with Gasteiger partial charge in [-0.05, 0) is 26.3 Å². The molecule has 82 valence electrons. The van der Waals surface area contributed by atoms with Crippen LogP contribution in [-0.4, -0.2) is 13.1 Å². The second kappa shape index (κ2) is 10.6. The van der Waals surface area contributed by atoms with Crippen molar-refractivity contribution in [2.24, 2.45) is 0 Å². The summed E-state index contributed by atoms with van der Waals surface area (Å²) in [5.41, 5.74) is 0. The zero-order valence-corrected chi connectivity index (χ0v) is 9.81. The van der Waals surface area contributed by atoms with Gasteiger partial charge in [0.15, 0.2) is 0 Å². The first-order valence-corrected chi connectivity index (χ1v) is 5.95. The Bertz CT molecular complexity index is 146. The Kier molecular flexibility index (Phi) is 10.2. The molecule has 1 unspecified atom stereocenters. The van der Waals surface area contributed by atoms with Crippen LogP contribution in [-0.2, 0) is 0 Å². The maximum atomic E-state index is 5.23. The van der Waals surface area contributed by atoms with Crippen LogP contribution in [0.4, 0.5) is 0 Å². The predicted molar refractivity (Wildman–Crippen MR) is 64.3 cm³/mol. The van der Waals surface area contributed by atoms with E-state index < -0.39 is 0 Å². The van der Waals surface area contributed by atoms with E-state index in [1.807, 2.05) is 0 Å². The number of unbranched alkanes of at least 4 members (excludes halogenated alkanes) is 4. The van der Waals surface area contributed by atoms with E-state index in [4.69, 9.17) is 6.42 Å². The van der Waals surface area contributed by atoms with Gasteiger partial charge >= 0.3 is 0 Å². The third-order valence-corrected chi connectivity index (χ3v) is 2.69. The monoisotopic (exact) mass is 195 g/mol. The van der Waals surface area contributed by atoms with E-state index in [1.165, 1.54) is 38.5 Å². The molecule has 0 aromatic rings. The van der Waals surface area contributed by atoms with E-state index in [0.29, 0.717) is 6.04 Å². The molecule has 0 aromatic heterocycles. The van der Waals surface area contributed by atoms with E-state index in [2.05, 4.69) is 25.2 Å². The van der Waals surface area contributed by atoms with Crippen LogP contribution in [0.3, 0.4) is 0 Å². The summed E-state index contributed by atoms with van der Waals surface area (Å²) in [7, 11) is 2.06. The van der Waals surface area contributed by atoms with Gasteiger partial charge in [0.1, 0.15) is 0 Å². The van der Waals surface area contributed by atoms with Crippen LogP contribution >= 0.6 is 0 Å². The Hall–Kier alpha value is -0.480. The molecule has 0 amide bonds.